The molecule has 1 aliphatic carbocycles. The first-order valence-electron chi connectivity index (χ1n) is 5.65. The molecule has 1 aliphatic rings. The van der Waals surface area contributed by atoms with Gasteiger partial charge in [-0.15, -0.1) is 5.10 Å². The van der Waals surface area contributed by atoms with Crippen LogP contribution in [-0.4, -0.2) is 15.0 Å². The lowest BCUT2D eigenvalue weighted by molar-refractivity contribution is 0.613. The van der Waals surface area contributed by atoms with Gasteiger partial charge in [-0.2, -0.15) is 0 Å². The Morgan fingerprint density at radius 1 is 1.41 bits per heavy atom. The highest BCUT2D eigenvalue weighted by Gasteiger charge is 2.31. The molecule has 2 N–H and O–H groups in total. The van der Waals surface area contributed by atoms with Crippen LogP contribution in [0.25, 0.3) is 5.69 Å². The minimum Gasteiger partial charge on any atom is -0.381 e. The van der Waals surface area contributed by atoms with E-state index < -0.39 is 0 Å². The summed E-state index contributed by atoms with van der Waals surface area (Å²) in [6.45, 7) is 1.74. The van der Waals surface area contributed by atoms with E-state index in [2.05, 4.69) is 10.3 Å². The fraction of sp³-hybridized carbons (Fsp3) is 0.333. The molecule has 88 valence electrons. The summed E-state index contributed by atoms with van der Waals surface area (Å²) in [4.78, 5) is 0. The van der Waals surface area contributed by atoms with Crippen LogP contribution in [-0.2, 0) is 0 Å². The summed E-state index contributed by atoms with van der Waals surface area (Å²) >= 11 is 0. The SMILES string of the molecule is Cc1c(F)cccc1-n1nnc(N)c1C1CC1. The predicted molar refractivity (Wildman–Crippen MR) is 62.4 cm³/mol. The van der Waals surface area contributed by atoms with E-state index >= 15 is 0 Å². The average Bonchev–Trinajstić information content (AvgIpc) is 3.07. The maximum atomic E-state index is 13.5. The highest BCUT2D eigenvalue weighted by Crippen LogP contribution is 2.42. The Morgan fingerprint density at radius 2 is 2.18 bits per heavy atom. The summed E-state index contributed by atoms with van der Waals surface area (Å²) in [6.07, 6.45) is 2.21. The molecule has 0 bridgehead atoms. The van der Waals surface area contributed by atoms with Crippen molar-refractivity contribution in [3.63, 3.8) is 0 Å². The van der Waals surface area contributed by atoms with Gasteiger partial charge < -0.3 is 5.73 Å². The number of rotatable bonds is 2. The second-order valence-electron chi connectivity index (χ2n) is 4.43. The van der Waals surface area contributed by atoms with E-state index in [0.29, 0.717) is 17.3 Å². The maximum absolute atomic E-state index is 13.5. The molecule has 4 nitrogen and oxygen atoms in total. The second-order valence-corrected chi connectivity index (χ2v) is 4.43. The Balaban J connectivity index is 2.18. The first-order chi connectivity index (χ1) is 8.18. The average molecular weight is 232 g/mol. The zero-order valence-electron chi connectivity index (χ0n) is 9.52. The van der Waals surface area contributed by atoms with Gasteiger partial charge >= 0.3 is 0 Å². The molecule has 0 spiro atoms. The van der Waals surface area contributed by atoms with Gasteiger partial charge in [-0.1, -0.05) is 11.3 Å². The lowest BCUT2D eigenvalue weighted by Gasteiger charge is -2.09. The van der Waals surface area contributed by atoms with Gasteiger partial charge in [-0.25, -0.2) is 9.07 Å². The highest BCUT2D eigenvalue weighted by atomic mass is 19.1. The lowest BCUT2D eigenvalue weighted by Crippen LogP contribution is -2.05. The van der Waals surface area contributed by atoms with E-state index in [1.54, 1.807) is 17.7 Å². The number of nitrogens with zero attached hydrogens (tertiary/aromatic N) is 3. The molecule has 3 rings (SSSR count). The van der Waals surface area contributed by atoms with Gasteiger partial charge in [0.1, 0.15) is 5.82 Å². The molecule has 17 heavy (non-hydrogen) atoms. The third kappa shape index (κ3) is 1.58. The van der Waals surface area contributed by atoms with E-state index in [0.717, 1.165) is 24.2 Å². The van der Waals surface area contributed by atoms with Crippen molar-refractivity contribution >= 4 is 5.82 Å². The standard InChI is InChI=1S/C12H13FN4/c1-7-9(13)3-2-4-10(7)17-11(8-5-6-8)12(14)15-16-17/h2-4,8H,5-6,14H2,1H3. The number of nitrogens with two attached hydrogens (primary N) is 1. The number of benzene rings is 1. The Labute approximate surface area is 98.2 Å². The minimum absolute atomic E-state index is 0.238. The van der Waals surface area contributed by atoms with E-state index in [-0.39, 0.29) is 5.82 Å². The molecule has 0 unspecified atom stereocenters. The molecule has 1 aromatic carbocycles. The van der Waals surface area contributed by atoms with Crippen LogP contribution in [0.15, 0.2) is 18.2 Å². The Kier molecular flexibility index (Phi) is 2.14. The van der Waals surface area contributed by atoms with Crippen LogP contribution in [0.3, 0.4) is 0 Å². The number of halogens is 1. The minimum atomic E-state index is -0.238. The molecule has 0 amide bonds. The van der Waals surface area contributed by atoms with Crippen molar-refractivity contribution in [3.8, 4) is 5.69 Å². The molecular formula is C12H13FN4. The van der Waals surface area contributed by atoms with E-state index in [1.807, 2.05) is 6.07 Å². The summed E-state index contributed by atoms with van der Waals surface area (Å²) in [5, 5.41) is 7.92. The number of nitrogen functional groups attached to an aromatic ring is 1. The zero-order valence-corrected chi connectivity index (χ0v) is 9.52. The van der Waals surface area contributed by atoms with Crippen LogP contribution in [0.5, 0.6) is 0 Å². The molecule has 0 radical (unpaired) electrons. The fourth-order valence-corrected chi connectivity index (χ4v) is 2.04. The van der Waals surface area contributed by atoms with Gasteiger partial charge in [0, 0.05) is 11.5 Å². The molecule has 1 heterocycles. The normalized spacial score (nSPS) is 15.2. The first kappa shape index (κ1) is 10.3. The van der Waals surface area contributed by atoms with Gasteiger partial charge in [-0.3, -0.25) is 0 Å². The summed E-state index contributed by atoms with van der Waals surface area (Å²) in [5.41, 5.74) is 8.02. The Hall–Kier alpha value is -1.91. The topological polar surface area (TPSA) is 56.7 Å². The van der Waals surface area contributed by atoms with Crippen molar-refractivity contribution in [3.05, 3.63) is 35.3 Å². The molecule has 2 aromatic rings. The predicted octanol–water partition coefficient (Wildman–Crippen LogP) is 2.17. The van der Waals surface area contributed by atoms with Gasteiger partial charge in [0.2, 0.25) is 0 Å². The molecule has 0 atom stereocenters. The first-order valence-corrected chi connectivity index (χ1v) is 5.65. The number of hydrogen-bond donors (Lipinski definition) is 1. The Morgan fingerprint density at radius 3 is 2.88 bits per heavy atom. The van der Waals surface area contributed by atoms with Crippen molar-refractivity contribution in [1.29, 1.82) is 0 Å². The number of aromatic nitrogens is 3. The number of hydrogen-bond acceptors (Lipinski definition) is 3. The highest BCUT2D eigenvalue weighted by molar-refractivity contribution is 5.47. The number of anilines is 1. The van der Waals surface area contributed by atoms with Gasteiger partial charge in [0.25, 0.3) is 0 Å². The molecule has 0 aliphatic heterocycles. The van der Waals surface area contributed by atoms with Crippen LogP contribution < -0.4 is 5.73 Å². The van der Waals surface area contributed by atoms with Gasteiger partial charge in [0.05, 0.1) is 11.4 Å². The fourth-order valence-electron chi connectivity index (χ4n) is 2.04. The summed E-state index contributed by atoms with van der Waals surface area (Å²) in [6, 6.07) is 4.94. The van der Waals surface area contributed by atoms with E-state index in [1.165, 1.54) is 6.07 Å². The largest absolute Gasteiger partial charge is 0.381 e. The van der Waals surface area contributed by atoms with Gasteiger partial charge in [0.15, 0.2) is 5.82 Å². The van der Waals surface area contributed by atoms with Crippen LogP contribution >= 0.6 is 0 Å². The smallest absolute Gasteiger partial charge is 0.169 e. The zero-order chi connectivity index (χ0) is 12.0. The summed E-state index contributed by atoms with van der Waals surface area (Å²) < 4.78 is 15.2. The van der Waals surface area contributed by atoms with Crippen LogP contribution in [0.4, 0.5) is 10.2 Å². The molecule has 5 heteroatoms. The van der Waals surface area contributed by atoms with Crippen molar-refractivity contribution < 1.29 is 4.39 Å². The van der Waals surface area contributed by atoms with Crippen molar-refractivity contribution in [2.45, 2.75) is 25.7 Å². The molecular weight excluding hydrogens is 219 g/mol. The van der Waals surface area contributed by atoms with Crippen LogP contribution in [0.2, 0.25) is 0 Å². The monoisotopic (exact) mass is 232 g/mol. The van der Waals surface area contributed by atoms with E-state index in [9.17, 15) is 4.39 Å². The van der Waals surface area contributed by atoms with E-state index in [4.69, 9.17) is 5.73 Å². The van der Waals surface area contributed by atoms with Crippen molar-refractivity contribution in [2.75, 3.05) is 5.73 Å². The van der Waals surface area contributed by atoms with Crippen LogP contribution in [0, 0.1) is 12.7 Å². The Bertz CT molecular complexity index is 572. The van der Waals surface area contributed by atoms with Crippen LogP contribution in [0.1, 0.15) is 30.0 Å². The van der Waals surface area contributed by atoms with Crippen molar-refractivity contribution in [1.82, 2.24) is 15.0 Å². The molecule has 0 saturated heterocycles. The second kappa shape index (κ2) is 3.55. The third-order valence-corrected chi connectivity index (χ3v) is 3.16. The molecule has 1 saturated carbocycles. The molecule has 1 fully saturated rings. The maximum Gasteiger partial charge on any atom is 0.169 e. The van der Waals surface area contributed by atoms with Gasteiger partial charge in [-0.05, 0) is 31.9 Å². The molecule has 1 aromatic heterocycles. The quantitative estimate of drug-likeness (QED) is 0.863. The summed E-state index contributed by atoms with van der Waals surface area (Å²) in [5.74, 6) is 0.641. The lowest BCUT2D eigenvalue weighted by atomic mass is 10.2. The van der Waals surface area contributed by atoms with Crippen molar-refractivity contribution in [2.24, 2.45) is 0 Å². The third-order valence-electron chi connectivity index (χ3n) is 3.16. The summed E-state index contributed by atoms with van der Waals surface area (Å²) in [7, 11) is 0.